The van der Waals surface area contributed by atoms with E-state index in [2.05, 4.69) is 16.4 Å². The van der Waals surface area contributed by atoms with Gasteiger partial charge in [-0.15, -0.1) is 0 Å². The van der Waals surface area contributed by atoms with Gasteiger partial charge in [-0.05, 0) is 30.7 Å². The predicted molar refractivity (Wildman–Crippen MR) is 89.2 cm³/mol. The highest BCUT2D eigenvalue weighted by molar-refractivity contribution is 5.50. The first-order valence-electron chi connectivity index (χ1n) is 7.37. The van der Waals surface area contributed by atoms with Crippen molar-refractivity contribution < 1.29 is 9.13 Å². The maximum atomic E-state index is 13.8. The maximum absolute atomic E-state index is 13.8. The van der Waals surface area contributed by atoms with Gasteiger partial charge >= 0.3 is 0 Å². The lowest BCUT2D eigenvalue weighted by Crippen LogP contribution is -2.00. The fourth-order valence-electron chi connectivity index (χ4n) is 2.29. The molecule has 0 atom stereocenters. The molecule has 0 bridgehead atoms. The van der Waals surface area contributed by atoms with Crippen molar-refractivity contribution >= 4 is 5.69 Å². The van der Waals surface area contributed by atoms with Crippen molar-refractivity contribution in [1.82, 2.24) is 4.98 Å². The van der Waals surface area contributed by atoms with Gasteiger partial charge in [0.1, 0.15) is 17.3 Å². The van der Waals surface area contributed by atoms with Crippen LogP contribution < -0.4 is 10.1 Å². The molecule has 0 saturated carbocycles. The van der Waals surface area contributed by atoms with Crippen molar-refractivity contribution in [2.24, 2.45) is 0 Å². The highest BCUT2D eigenvalue weighted by Crippen LogP contribution is 2.25. The number of benzene rings is 2. The van der Waals surface area contributed by atoms with Crippen LogP contribution in [0.4, 0.5) is 10.1 Å². The standard InChI is InChI=1S/C19H17FN2O/c1-14-4-2-5-15(8-14)12-22-17-9-16(20)10-19(11-17)23-18-6-3-7-21-13-18/h2-11,13,22H,12H2,1H3. The molecule has 4 heteroatoms. The molecular weight excluding hydrogens is 291 g/mol. The van der Waals surface area contributed by atoms with Crippen LogP contribution >= 0.6 is 0 Å². The summed E-state index contributed by atoms with van der Waals surface area (Å²) in [6.45, 7) is 2.67. The molecule has 0 aliphatic carbocycles. The van der Waals surface area contributed by atoms with Crippen LogP contribution in [0.1, 0.15) is 11.1 Å². The quantitative estimate of drug-likeness (QED) is 0.725. The van der Waals surface area contributed by atoms with E-state index < -0.39 is 0 Å². The van der Waals surface area contributed by atoms with Crippen LogP contribution in [-0.4, -0.2) is 4.98 Å². The van der Waals surface area contributed by atoms with E-state index in [1.807, 2.05) is 25.1 Å². The fourth-order valence-corrected chi connectivity index (χ4v) is 2.29. The van der Waals surface area contributed by atoms with Gasteiger partial charge in [-0.25, -0.2) is 4.39 Å². The second kappa shape index (κ2) is 6.92. The molecule has 3 aromatic rings. The number of hydrogen-bond acceptors (Lipinski definition) is 3. The highest BCUT2D eigenvalue weighted by atomic mass is 19.1. The largest absolute Gasteiger partial charge is 0.456 e. The van der Waals surface area contributed by atoms with Crippen LogP contribution in [0, 0.1) is 12.7 Å². The number of aromatic nitrogens is 1. The number of nitrogens with zero attached hydrogens (tertiary/aromatic N) is 1. The number of aryl methyl sites for hydroxylation is 1. The molecule has 23 heavy (non-hydrogen) atoms. The van der Waals surface area contributed by atoms with E-state index in [1.54, 1.807) is 30.6 Å². The Balaban J connectivity index is 1.72. The summed E-state index contributed by atoms with van der Waals surface area (Å²) in [5, 5.41) is 3.22. The average Bonchev–Trinajstić information content (AvgIpc) is 2.53. The molecule has 0 spiro atoms. The molecule has 0 radical (unpaired) electrons. The minimum Gasteiger partial charge on any atom is -0.456 e. The smallest absolute Gasteiger partial charge is 0.145 e. The van der Waals surface area contributed by atoms with Crippen LogP contribution in [0.2, 0.25) is 0 Å². The second-order valence-electron chi connectivity index (χ2n) is 5.31. The number of hydrogen-bond donors (Lipinski definition) is 1. The van der Waals surface area contributed by atoms with Gasteiger partial charge in [-0.1, -0.05) is 29.8 Å². The Labute approximate surface area is 134 Å². The molecule has 3 nitrogen and oxygen atoms in total. The van der Waals surface area contributed by atoms with E-state index in [9.17, 15) is 4.39 Å². The van der Waals surface area contributed by atoms with Crippen molar-refractivity contribution in [1.29, 1.82) is 0 Å². The van der Waals surface area contributed by atoms with Gasteiger partial charge in [0, 0.05) is 30.6 Å². The molecule has 116 valence electrons. The Morgan fingerprint density at radius 1 is 1.04 bits per heavy atom. The molecule has 3 rings (SSSR count). The Morgan fingerprint density at radius 2 is 1.96 bits per heavy atom. The van der Waals surface area contributed by atoms with Crippen LogP contribution in [-0.2, 0) is 6.54 Å². The molecule has 0 fully saturated rings. The summed E-state index contributed by atoms with van der Waals surface area (Å²) in [5.74, 6) is 0.658. The fraction of sp³-hybridized carbons (Fsp3) is 0.105. The molecular formula is C19H17FN2O. The van der Waals surface area contributed by atoms with E-state index in [1.165, 1.54) is 17.7 Å². The van der Waals surface area contributed by atoms with Gasteiger partial charge in [0.25, 0.3) is 0 Å². The van der Waals surface area contributed by atoms with Crippen molar-refractivity contribution in [3.63, 3.8) is 0 Å². The van der Waals surface area contributed by atoms with Crippen molar-refractivity contribution in [2.45, 2.75) is 13.5 Å². The van der Waals surface area contributed by atoms with E-state index in [4.69, 9.17) is 4.74 Å². The summed E-state index contributed by atoms with van der Waals surface area (Å²) in [7, 11) is 0. The maximum Gasteiger partial charge on any atom is 0.145 e. The lowest BCUT2D eigenvalue weighted by Gasteiger charge is -2.10. The summed E-state index contributed by atoms with van der Waals surface area (Å²) in [4.78, 5) is 3.98. The van der Waals surface area contributed by atoms with E-state index >= 15 is 0 Å². The zero-order chi connectivity index (χ0) is 16.1. The third-order valence-corrected chi connectivity index (χ3v) is 3.32. The number of rotatable bonds is 5. The van der Waals surface area contributed by atoms with Gasteiger partial charge in [-0.3, -0.25) is 4.98 Å². The van der Waals surface area contributed by atoms with E-state index in [-0.39, 0.29) is 5.82 Å². The van der Waals surface area contributed by atoms with Crippen LogP contribution in [0.3, 0.4) is 0 Å². The van der Waals surface area contributed by atoms with Crippen LogP contribution in [0.15, 0.2) is 67.0 Å². The Morgan fingerprint density at radius 3 is 2.74 bits per heavy atom. The molecule has 1 aromatic heterocycles. The minimum atomic E-state index is -0.349. The van der Waals surface area contributed by atoms with Gasteiger partial charge in [-0.2, -0.15) is 0 Å². The van der Waals surface area contributed by atoms with Gasteiger partial charge < -0.3 is 10.1 Å². The third-order valence-electron chi connectivity index (χ3n) is 3.32. The lowest BCUT2D eigenvalue weighted by molar-refractivity contribution is 0.475. The van der Waals surface area contributed by atoms with E-state index in [0.29, 0.717) is 23.7 Å². The first-order chi connectivity index (χ1) is 11.2. The van der Waals surface area contributed by atoms with Gasteiger partial charge in [0.15, 0.2) is 0 Å². The van der Waals surface area contributed by atoms with Crippen molar-refractivity contribution in [2.75, 3.05) is 5.32 Å². The Kier molecular flexibility index (Phi) is 4.52. The first kappa shape index (κ1) is 15.0. The number of ether oxygens (including phenoxy) is 1. The number of halogens is 1. The van der Waals surface area contributed by atoms with Crippen molar-refractivity contribution in [3.05, 3.63) is 83.9 Å². The monoisotopic (exact) mass is 308 g/mol. The Bertz CT molecular complexity index is 790. The summed E-state index contributed by atoms with van der Waals surface area (Å²) in [6, 6.07) is 16.3. The van der Waals surface area contributed by atoms with Crippen LogP contribution in [0.25, 0.3) is 0 Å². The zero-order valence-electron chi connectivity index (χ0n) is 12.8. The topological polar surface area (TPSA) is 34.1 Å². The average molecular weight is 308 g/mol. The SMILES string of the molecule is Cc1cccc(CNc2cc(F)cc(Oc3cccnc3)c2)c1. The van der Waals surface area contributed by atoms with Crippen molar-refractivity contribution in [3.8, 4) is 11.5 Å². The minimum absolute atomic E-state index is 0.349. The molecule has 2 aromatic carbocycles. The first-order valence-corrected chi connectivity index (χ1v) is 7.37. The van der Waals surface area contributed by atoms with E-state index in [0.717, 1.165) is 5.56 Å². The normalized spacial score (nSPS) is 10.3. The predicted octanol–water partition coefficient (Wildman–Crippen LogP) is 4.93. The number of anilines is 1. The molecule has 0 aliphatic heterocycles. The summed E-state index contributed by atoms with van der Waals surface area (Å²) in [5.41, 5.74) is 3.01. The lowest BCUT2D eigenvalue weighted by atomic mass is 10.1. The highest BCUT2D eigenvalue weighted by Gasteiger charge is 2.04. The molecule has 0 saturated heterocycles. The molecule has 0 unspecified atom stereocenters. The summed E-state index contributed by atoms with van der Waals surface area (Å²) in [6.07, 6.45) is 3.25. The van der Waals surface area contributed by atoms with Gasteiger partial charge in [0.05, 0.1) is 6.20 Å². The second-order valence-corrected chi connectivity index (χ2v) is 5.31. The summed E-state index contributed by atoms with van der Waals surface area (Å²) < 4.78 is 19.4. The molecule has 0 amide bonds. The summed E-state index contributed by atoms with van der Waals surface area (Å²) >= 11 is 0. The molecule has 1 heterocycles. The van der Waals surface area contributed by atoms with Crippen LogP contribution in [0.5, 0.6) is 11.5 Å². The zero-order valence-corrected chi connectivity index (χ0v) is 12.8. The number of nitrogens with one attached hydrogen (secondary N) is 1. The number of pyridine rings is 1. The van der Waals surface area contributed by atoms with Gasteiger partial charge in [0.2, 0.25) is 0 Å². The third kappa shape index (κ3) is 4.30. The molecule has 0 aliphatic rings. The molecule has 1 N–H and O–H groups in total. The Hall–Kier alpha value is -2.88.